The third-order valence-corrected chi connectivity index (χ3v) is 6.06. The van der Waals surface area contributed by atoms with Crippen LogP contribution in [0.15, 0.2) is 47.9 Å². The number of allylic oxidation sites excluding steroid dienone is 1. The lowest BCUT2D eigenvalue weighted by molar-refractivity contribution is 0.839. The summed E-state index contributed by atoms with van der Waals surface area (Å²) in [5.41, 5.74) is 10.9. The van der Waals surface area contributed by atoms with Crippen LogP contribution in [0.4, 0.5) is 5.69 Å². The summed E-state index contributed by atoms with van der Waals surface area (Å²) in [6.07, 6.45) is 3.44. The van der Waals surface area contributed by atoms with Crippen LogP contribution in [-0.4, -0.2) is 7.05 Å². The number of nitrogens with one attached hydrogen (secondary N) is 1. The maximum atomic E-state index is 4.26. The Kier molecular flexibility index (Phi) is 5.39. The number of thioether (sulfide) groups is 1. The fourth-order valence-electron chi connectivity index (χ4n) is 3.29. The molecule has 0 saturated carbocycles. The zero-order chi connectivity index (χ0) is 18.0. The van der Waals surface area contributed by atoms with Crippen LogP contribution in [0, 0.1) is 13.8 Å². The molecule has 0 spiro atoms. The molecule has 2 aromatic carbocycles. The molecule has 0 unspecified atom stereocenters. The summed E-state index contributed by atoms with van der Waals surface area (Å²) < 4.78 is 0. The average Bonchev–Trinajstić information content (AvgIpc) is 2.56. The third-order valence-electron chi connectivity index (χ3n) is 5.02. The average molecular weight is 350 g/mol. The molecular weight excluding hydrogens is 322 g/mol. The summed E-state index contributed by atoms with van der Waals surface area (Å²) in [4.78, 5) is 1.13. The lowest BCUT2D eigenvalue weighted by Crippen LogP contribution is -2.07. The largest absolute Gasteiger partial charge is 0.388 e. The molecule has 130 valence electrons. The standard InChI is InChI=1S/C23H27NS/c1-15(10-22-11-17(3)23(24-5)12-16(22)2)14-25-18(4)20-8-6-19-7-9-21(19)13-20/h6,8,11-14,24H,4,7,9-10H2,1-3,5H3/b15-14+. The number of aryl methyl sites for hydroxylation is 4. The summed E-state index contributed by atoms with van der Waals surface area (Å²) in [5, 5.41) is 5.51. The molecule has 0 atom stereocenters. The molecule has 1 nitrogen and oxygen atoms in total. The van der Waals surface area contributed by atoms with E-state index in [1.165, 1.54) is 57.5 Å². The van der Waals surface area contributed by atoms with Gasteiger partial charge in [0.1, 0.15) is 0 Å². The van der Waals surface area contributed by atoms with Crippen molar-refractivity contribution in [3.63, 3.8) is 0 Å². The number of rotatable bonds is 6. The van der Waals surface area contributed by atoms with Crippen LogP contribution in [0.25, 0.3) is 4.91 Å². The molecule has 0 radical (unpaired) electrons. The molecule has 1 N–H and O–H groups in total. The van der Waals surface area contributed by atoms with Gasteiger partial charge in [0, 0.05) is 17.6 Å². The fraction of sp³-hybridized carbons (Fsp3) is 0.304. The van der Waals surface area contributed by atoms with E-state index in [9.17, 15) is 0 Å². The van der Waals surface area contributed by atoms with E-state index in [1.54, 1.807) is 11.8 Å². The zero-order valence-electron chi connectivity index (χ0n) is 15.7. The number of anilines is 1. The van der Waals surface area contributed by atoms with Crippen molar-refractivity contribution in [3.05, 3.63) is 81.3 Å². The zero-order valence-corrected chi connectivity index (χ0v) is 16.5. The Labute approximate surface area is 156 Å². The second kappa shape index (κ2) is 7.53. The molecule has 25 heavy (non-hydrogen) atoms. The van der Waals surface area contributed by atoms with E-state index < -0.39 is 0 Å². The predicted molar refractivity (Wildman–Crippen MR) is 113 cm³/mol. The number of fused-ring (bicyclic) bond motifs is 1. The first-order valence-electron chi connectivity index (χ1n) is 8.89. The van der Waals surface area contributed by atoms with E-state index in [-0.39, 0.29) is 0 Å². The van der Waals surface area contributed by atoms with Crippen LogP contribution < -0.4 is 5.32 Å². The van der Waals surface area contributed by atoms with Crippen LogP contribution >= 0.6 is 11.8 Å². The quantitative estimate of drug-likeness (QED) is 0.657. The minimum atomic E-state index is 0.987. The molecule has 2 aromatic rings. The molecule has 0 amide bonds. The summed E-state index contributed by atoms with van der Waals surface area (Å²) >= 11 is 1.74. The molecule has 0 saturated heterocycles. The molecule has 0 heterocycles. The van der Waals surface area contributed by atoms with Crippen LogP contribution in [-0.2, 0) is 19.3 Å². The third kappa shape index (κ3) is 4.01. The Bertz CT molecular complexity index is 845. The Morgan fingerprint density at radius 1 is 1.12 bits per heavy atom. The van der Waals surface area contributed by atoms with Crippen molar-refractivity contribution in [3.8, 4) is 0 Å². The molecule has 3 rings (SSSR count). The second-order valence-corrected chi connectivity index (χ2v) is 7.97. The van der Waals surface area contributed by atoms with Gasteiger partial charge in [-0.25, -0.2) is 0 Å². The molecule has 1 aliphatic carbocycles. The van der Waals surface area contributed by atoms with Gasteiger partial charge in [-0.05, 0) is 84.9 Å². The summed E-state index contributed by atoms with van der Waals surface area (Å²) in [5.74, 6) is 0. The highest BCUT2D eigenvalue weighted by Gasteiger charge is 2.13. The smallest absolute Gasteiger partial charge is 0.0370 e. The van der Waals surface area contributed by atoms with Gasteiger partial charge in [-0.15, -0.1) is 0 Å². The monoisotopic (exact) mass is 349 g/mol. The van der Waals surface area contributed by atoms with Crippen molar-refractivity contribution in [1.29, 1.82) is 0 Å². The van der Waals surface area contributed by atoms with Crippen molar-refractivity contribution < 1.29 is 0 Å². The van der Waals surface area contributed by atoms with E-state index in [4.69, 9.17) is 0 Å². The van der Waals surface area contributed by atoms with Crippen molar-refractivity contribution >= 4 is 22.4 Å². The Hall–Kier alpha value is -1.93. The van der Waals surface area contributed by atoms with Gasteiger partial charge < -0.3 is 5.32 Å². The highest BCUT2D eigenvalue weighted by Crippen LogP contribution is 2.32. The van der Waals surface area contributed by atoms with Crippen LogP contribution in [0.1, 0.15) is 40.3 Å². The molecule has 0 fully saturated rings. The van der Waals surface area contributed by atoms with Crippen LogP contribution in [0.3, 0.4) is 0 Å². The van der Waals surface area contributed by atoms with Gasteiger partial charge in [-0.1, -0.05) is 48.2 Å². The second-order valence-electron chi connectivity index (χ2n) is 7.01. The van der Waals surface area contributed by atoms with Crippen molar-refractivity contribution in [2.75, 3.05) is 12.4 Å². The van der Waals surface area contributed by atoms with E-state index in [0.717, 1.165) is 11.3 Å². The SMILES string of the molecule is C=C(S/C=C(\C)Cc1cc(C)c(NC)cc1C)c1ccc2c(c1)CC2. The molecular formula is C23H27NS. The lowest BCUT2D eigenvalue weighted by Gasteiger charge is -2.19. The highest BCUT2D eigenvalue weighted by atomic mass is 32.2. The Balaban J connectivity index is 1.66. The number of hydrogen-bond acceptors (Lipinski definition) is 2. The maximum Gasteiger partial charge on any atom is 0.0370 e. The molecule has 0 aromatic heterocycles. The van der Waals surface area contributed by atoms with Gasteiger partial charge >= 0.3 is 0 Å². The summed E-state index contributed by atoms with van der Waals surface area (Å²) in [6.45, 7) is 10.8. The molecule has 0 aliphatic heterocycles. The first-order valence-corrected chi connectivity index (χ1v) is 9.77. The van der Waals surface area contributed by atoms with Gasteiger partial charge in [0.05, 0.1) is 0 Å². The van der Waals surface area contributed by atoms with Crippen LogP contribution in [0.2, 0.25) is 0 Å². The van der Waals surface area contributed by atoms with Gasteiger partial charge in [-0.3, -0.25) is 0 Å². The number of benzene rings is 2. The first kappa shape index (κ1) is 17.9. The molecule has 2 heteroatoms. The van der Waals surface area contributed by atoms with Crippen molar-refractivity contribution in [2.45, 2.75) is 40.0 Å². The van der Waals surface area contributed by atoms with Crippen molar-refractivity contribution in [2.24, 2.45) is 0 Å². The van der Waals surface area contributed by atoms with Gasteiger partial charge in [0.25, 0.3) is 0 Å². The van der Waals surface area contributed by atoms with E-state index >= 15 is 0 Å². The fourth-order valence-corrected chi connectivity index (χ4v) is 3.98. The Morgan fingerprint density at radius 2 is 1.88 bits per heavy atom. The van der Waals surface area contributed by atoms with Gasteiger partial charge in [0.15, 0.2) is 0 Å². The minimum Gasteiger partial charge on any atom is -0.388 e. The predicted octanol–water partition coefficient (Wildman–Crippen LogP) is 6.29. The normalized spacial score (nSPS) is 13.2. The summed E-state index contributed by atoms with van der Waals surface area (Å²) in [6, 6.07) is 11.3. The minimum absolute atomic E-state index is 0.987. The van der Waals surface area contributed by atoms with Crippen molar-refractivity contribution in [1.82, 2.24) is 0 Å². The lowest BCUT2D eigenvalue weighted by atomic mass is 9.87. The molecule has 1 aliphatic rings. The van der Waals surface area contributed by atoms with E-state index in [1.807, 2.05) is 7.05 Å². The van der Waals surface area contributed by atoms with E-state index in [0.29, 0.717) is 0 Å². The highest BCUT2D eigenvalue weighted by molar-refractivity contribution is 8.10. The maximum absolute atomic E-state index is 4.26. The topological polar surface area (TPSA) is 12.0 Å². The number of hydrogen-bond donors (Lipinski definition) is 1. The molecule has 0 bridgehead atoms. The van der Waals surface area contributed by atoms with E-state index in [2.05, 4.69) is 68.4 Å². The Morgan fingerprint density at radius 3 is 2.52 bits per heavy atom. The summed E-state index contributed by atoms with van der Waals surface area (Å²) in [7, 11) is 1.98. The van der Waals surface area contributed by atoms with Crippen LogP contribution in [0.5, 0.6) is 0 Å². The first-order chi connectivity index (χ1) is 12.0. The van der Waals surface area contributed by atoms with Gasteiger partial charge in [0.2, 0.25) is 0 Å². The van der Waals surface area contributed by atoms with Gasteiger partial charge in [-0.2, -0.15) is 0 Å².